The highest BCUT2D eigenvalue weighted by molar-refractivity contribution is 5.97. The molecule has 2 atom stereocenters. The van der Waals surface area contributed by atoms with Crippen molar-refractivity contribution in [2.75, 3.05) is 0 Å². The van der Waals surface area contributed by atoms with E-state index in [0.29, 0.717) is 5.56 Å². The quantitative estimate of drug-likeness (QED) is 0.332. The van der Waals surface area contributed by atoms with E-state index in [4.69, 9.17) is 10.9 Å². The lowest BCUT2D eigenvalue weighted by Gasteiger charge is -2.20. The minimum absolute atomic E-state index is 0.282. The topological polar surface area (TPSA) is 104 Å². The van der Waals surface area contributed by atoms with Crippen LogP contribution in [-0.2, 0) is 11.0 Å². The summed E-state index contributed by atoms with van der Waals surface area (Å²) in [6, 6.07) is 9.08. The highest BCUT2D eigenvalue weighted by Gasteiger charge is 2.29. The zero-order valence-corrected chi connectivity index (χ0v) is 16.4. The van der Waals surface area contributed by atoms with E-state index in [9.17, 15) is 22.8 Å². The zero-order valence-electron chi connectivity index (χ0n) is 16.4. The molecular formula is C22H20F3N3O3. The van der Waals surface area contributed by atoms with Gasteiger partial charge in [0.1, 0.15) is 6.04 Å². The molecule has 2 amide bonds. The number of rotatable bonds is 5. The molecule has 0 saturated heterocycles. The Hall–Kier alpha value is -3.61. The van der Waals surface area contributed by atoms with E-state index in [1.54, 1.807) is 18.2 Å². The Morgan fingerprint density at radius 1 is 1.10 bits per heavy atom. The van der Waals surface area contributed by atoms with Crippen molar-refractivity contribution < 1.29 is 28.0 Å². The minimum Gasteiger partial charge on any atom is -0.339 e. The fourth-order valence-corrected chi connectivity index (χ4v) is 2.48. The average molecular weight is 431 g/mol. The van der Waals surface area contributed by atoms with Gasteiger partial charge in [0.05, 0.1) is 5.56 Å². The second kappa shape index (κ2) is 10.4. The first-order valence-electron chi connectivity index (χ1n) is 9.07. The molecule has 0 aliphatic carbocycles. The Labute approximate surface area is 176 Å². The monoisotopic (exact) mass is 431 g/mol. The minimum atomic E-state index is -4.39. The molecule has 0 heterocycles. The predicted octanol–water partition coefficient (Wildman–Crippen LogP) is 2.72. The van der Waals surface area contributed by atoms with Gasteiger partial charge in [-0.15, -0.1) is 0 Å². The Balaban J connectivity index is 2.00. The van der Waals surface area contributed by atoms with Gasteiger partial charge in [0, 0.05) is 17.2 Å². The first-order chi connectivity index (χ1) is 14.6. The zero-order chi connectivity index (χ0) is 23.0. The van der Waals surface area contributed by atoms with Gasteiger partial charge in [0.25, 0.3) is 11.8 Å². The number of hydrogen-bond donors (Lipinski definition) is 4. The maximum absolute atomic E-state index is 12.5. The summed E-state index contributed by atoms with van der Waals surface area (Å²) < 4.78 is 37.6. The summed E-state index contributed by atoms with van der Waals surface area (Å²) >= 11 is 0. The molecule has 0 fully saturated rings. The Bertz CT molecular complexity index is 1000. The fraction of sp³-hybridized carbons (Fsp3) is 0.182. The number of hydroxylamine groups is 1. The normalized spacial score (nSPS) is 13.1. The number of amides is 2. The van der Waals surface area contributed by atoms with E-state index in [2.05, 4.69) is 17.2 Å². The van der Waals surface area contributed by atoms with Crippen LogP contribution in [0.3, 0.4) is 0 Å². The molecule has 0 aliphatic rings. The first kappa shape index (κ1) is 23.7. The average Bonchev–Trinajstić information content (AvgIpc) is 2.74. The molecule has 0 spiro atoms. The van der Waals surface area contributed by atoms with Gasteiger partial charge in [-0.25, -0.2) is 5.48 Å². The highest BCUT2D eigenvalue weighted by Crippen LogP contribution is 2.28. The largest absolute Gasteiger partial charge is 0.416 e. The molecular weight excluding hydrogens is 411 g/mol. The smallest absolute Gasteiger partial charge is 0.339 e. The summed E-state index contributed by atoms with van der Waals surface area (Å²) in [4.78, 5) is 23.8. The second-order valence-electron chi connectivity index (χ2n) is 6.59. The van der Waals surface area contributed by atoms with Crippen LogP contribution in [0.15, 0.2) is 54.6 Å². The van der Waals surface area contributed by atoms with E-state index in [0.717, 1.165) is 17.7 Å². The number of carbonyl (C=O) groups is 2. The molecule has 6 nitrogen and oxygen atoms in total. The number of nitrogens with one attached hydrogen (secondary N) is 2. The number of nitrogens with two attached hydrogens (primary N) is 1. The van der Waals surface area contributed by atoms with Crippen LogP contribution in [0.5, 0.6) is 0 Å². The van der Waals surface area contributed by atoms with Crippen LogP contribution in [0.1, 0.15) is 34.0 Å². The molecule has 162 valence electrons. The standard InChI is InChI=1S/C22H20F3N3O3/c1-14(26)19(21(30)28-31)27-20(29)17-10-6-15(7-11-17)4-2-3-5-16-8-12-18(13-9-16)22(23,24)25/h2,4,6-14,19,31H,26H2,1H3,(H,27,29)(H,28,30)/b4-2+/t14-,19+/m1/s1. The third-order valence-corrected chi connectivity index (χ3v) is 4.17. The Kier molecular flexibility index (Phi) is 7.96. The molecule has 5 N–H and O–H groups in total. The van der Waals surface area contributed by atoms with Crippen molar-refractivity contribution in [3.63, 3.8) is 0 Å². The SMILES string of the molecule is C[C@@H](N)[C@H](NC(=O)c1ccc(/C=C/C#Cc2ccc(C(F)(F)F)cc2)cc1)C(=O)NO. The lowest BCUT2D eigenvalue weighted by Crippen LogP contribution is -2.54. The van der Waals surface area contributed by atoms with Gasteiger partial charge in [-0.2, -0.15) is 13.2 Å². The number of carbonyl (C=O) groups excluding carboxylic acids is 2. The third kappa shape index (κ3) is 6.99. The maximum Gasteiger partial charge on any atom is 0.416 e. The van der Waals surface area contributed by atoms with Gasteiger partial charge in [-0.3, -0.25) is 14.8 Å². The summed E-state index contributed by atoms with van der Waals surface area (Å²) in [5, 5.41) is 11.2. The van der Waals surface area contributed by atoms with Crippen molar-refractivity contribution in [1.82, 2.24) is 10.8 Å². The fourth-order valence-electron chi connectivity index (χ4n) is 2.48. The van der Waals surface area contributed by atoms with Crippen molar-refractivity contribution in [2.45, 2.75) is 25.2 Å². The van der Waals surface area contributed by atoms with Crippen LogP contribution in [0.25, 0.3) is 6.08 Å². The molecule has 2 rings (SSSR count). The number of halogens is 3. The van der Waals surface area contributed by atoms with Gasteiger partial charge >= 0.3 is 6.18 Å². The summed E-state index contributed by atoms with van der Waals surface area (Å²) in [7, 11) is 0. The molecule has 2 aromatic carbocycles. The second-order valence-corrected chi connectivity index (χ2v) is 6.59. The third-order valence-electron chi connectivity index (χ3n) is 4.17. The molecule has 0 saturated carbocycles. The molecule has 0 unspecified atom stereocenters. The summed E-state index contributed by atoms with van der Waals surface area (Å²) in [5.74, 6) is 4.10. The van der Waals surface area contributed by atoms with Crippen molar-refractivity contribution >= 4 is 17.9 Å². The summed E-state index contributed by atoms with van der Waals surface area (Å²) in [6.07, 6.45) is -1.18. The van der Waals surface area contributed by atoms with Gasteiger partial charge in [0.2, 0.25) is 0 Å². The summed E-state index contributed by atoms with van der Waals surface area (Å²) in [6.45, 7) is 1.51. The van der Waals surface area contributed by atoms with Crippen molar-refractivity contribution in [3.05, 3.63) is 76.9 Å². The van der Waals surface area contributed by atoms with Crippen molar-refractivity contribution in [2.24, 2.45) is 5.73 Å². The van der Waals surface area contributed by atoms with Crippen LogP contribution in [0, 0.1) is 11.8 Å². The lowest BCUT2D eigenvalue weighted by molar-refractivity contribution is -0.137. The predicted molar refractivity (Wildman–Crippen MR) is 109 cm³/mol. The molecule has 2 aromatic rings. The van der Waals surface area contributed by atoms with Crippen molar-refractivity contribution in [1.29, 1.82) is 0 Å². The van der Waals surface area contributed by atoms with Crippen LogP contribution >= 0.6 is 0 Å². The van der Waals surface area contributed by atoms with Crippen LogP contribution < -0.4 is 16.5 Å². The van der Waals surface area contributed by atoms with Gasteiger partial charge in [-0.05, 0) is 61.0 Å². The van der Waals surface area contributed by atoms with E-state index in [-0.39, 0.29) is 5.56 Å². The molecule has 9 heteroatoms. The van der Waals surface area contributed by atoms with Gasteiger partial charge < -0.3 is 11.1 Å². The van der Waals surface area contributed by atoms with E-state index >= 15 is 0 Å². The van der Waals surface area contributed by atoms with Crippen LogP contribution in [-0.4, -0.2) is 29.1 Å². The number of alkyl halides is 3. The highest BCUT2D eigenvalue weighted by atomic mass is 19.4. The number of benzene rings is 2. The number of allylic oxidation sites excluding steroid dienone is 1. The van der Waals surface area contributed by atoms with Crippen LogP contribution in [0.4, 0.5) is 13.2 Å². The first-order valence-corrected chi connectivity index (χ1v) is 9.07. The van der Waals surface area contributed by atoms with Crippen molar-refractivity contribution in [3.8, 4) is 11.8 Å². The van der Waals surface area contributed by atoms with Crippen LogP contribution in [0.2, 0.25) is 0 Å². The molecule has 31 heavy (non-hydrogen) atoms. The van der Waals surface area contributed by atoms with Gasteiger partial charge in [-0.1, -0.05) is 24.0 Å². The van der Waals surface area contributed by atoms with E-state index < -0.39 is 35.6 Å². The maximum atomic E-state index is 12.5. The van der Waals surface area contributed by atoms with Gasteiger partial charge in [0.15, 0.2) is 0 Å². The number of hydrogen-bond acceptors (Lipinski definition) is 4. The Morgan fingerprint density at radius 2 is 1.71 bits per heavy atom. The lowest BCUT2D eigenvalue weighted by atomic mass is 10.1. The molecule has 0 aromatic heterocycles. The molecule has 0 aliphatic heterocycles. The molecule has 0 radical (unpaired) electrons. The molecule has 0 bridgehead atoms. The summed E-state index contributed by atoms with van der Waals surface area (Å²) in [5.41, 5.74) is 7.82. The Morgan fingerprint density at radius 3 is 2.23 bits per heavy atom. The van der Waals surface area contributed by atoms with E-state index in [1.807, 2.05) is 0 Å². The van der Waals surface area contributed by atoms with E-state index in [1.165, 1.54) is 42.7 Å².